The number of rotatable bonds is 2. The maximum Gasteiger partial charge on any atom is 0.270 e. The molecule has 4 rings (SSSR count). The molecule has 1 fully saturated rings. The average Bonchev–Trinajstić information content (AvgIpc) is 3.23. The van der Waals surface area contributed by atoms with E-state index >= 15 is 0 Å². The predicted octanol–water partition coefficient (Wildman–Crippen LogP) is 1.99. The van der Waals surface area contributed by atoms with E-state index < -0.39 is 0 Å². The number of hydrogen-bond donors (Lipinski definition) is 1. The highest BCUT2D eigenvalue weighted by molar-refractivity contribution is 5.92. The summed E-state index contributed by atoms with van der Waals surface area (Å²) in [4.78, 5) is 29.0. The molecule has 1 saturated heterocycles. The van der Waals surface area contributed by atoms with Gasteiger partial charge in [-0.15, -0.1) is 0 Å². The van der Waals surface area contributed by atoms with Gasteiger partial charge in [0.15, 0.2) is 0 Å². The first-order valence-electron chi connectivity index (χ1n) is 8.55. The van der Waals surface area contributed by atoms with Gasteiger partial charge in [-0.3, -0.25) is 4.79 Å². The van der Waals surface area contributed by atoms with E-state index in [1.807, 2.05) is 42.2 Å². The lowest BCUT2D eigenvalue weighted by Gasteiger charge is -2.40. The molecule has 0 saturated carbocycles. The van der Waals surface area contributed by atoms with Crippen LogP contribution in [0.2, 0.25) is 0 Å². The second-order valence-electron chi connectivity index (χ2n) is 7.13. The van der Waals surface area contributed by atoms with Crippen molar-refractivity contribution in [3.63, 3.8) is 0 Å². The van der Waals surface area contributed by atoms with Crippen molar-refractivity contribution in [2.24, 2.45) is 0 Å². The van der Waals surface area contributed by atoms with Gasteiger partial charge in [0.1, 0.15) is 5.69 Å². The number of H-pyrrole nitrogens is 1. The molecule has 6 nitrogen and oxygen atoms in total. The van der Waals surface area contributed by atoms with Crippen molar-refractivity contribution in [3.05, 3.63) is 41.5 Å². The number of amides is 1. The van der Waals surface area contributed by atoms with Crippen molar-refractivity contribution in [2.75, 3.05) is 32.1 Å². The van der Waals surface area contributed by atoms with Gasteiger partial charge in [-0.25, -0.2) is 9.97 Å². The van der Waals surface area contributed by atoms with Gasteiger partial charge in [-0.2, -0.15) is 0 Å². The van der Waals surface area contributed by atoms with Gasteiger partial charge in [0.25, 0.3) is 5.91 Å². The lowest BCUT2D eigenvalue weighted by atomic mass is 9.77. The SMILES string of the molecule is CN(C)c1ncc2c(n1)C1(CCCN(C(=O)c3ccc[nH]3)C1)CC2. The third kappa shape index (κ3) is 2.37. The van der Waals surface area contributed by atoms with E-state index in [1.54, 1.807) is 6.20 Å². The van der Waals surface area contributed by atoms with Crippen LogP contribution in [-0.2, 0) is 11.8 Å². The molecule has 1 spiro atoms. The molecule has 1 aliphatic heterocycles. The van der Waals surface area contributed by atoms with Gasteiger partial charge < -0.3 is 14.8 Å². The van der Waals surface area contributed by atoms with Crippen LogP contribution in [0.3, 0.4) is 0 Å². The molecule has 1 unspecified atom stereocenters. The number of aromatic nitrogens is 3. The third-order valence-corrected chi connectivity index (χ3v) is 5.32. The van der Waals surface area contributed by atoms with Crippen molar-refractivity contribution in [1.82, 2.24) is 19.9 Å². The molecule has 2 aromatic rings. The summed E-state index contributed by atoms with van der Waals surface area (Å²) in [5, 5.41) is 0. The van der Waals surface area contributed by atoms with Gasteiger partial charge in [-0.1, -0.05) is 0 Å². The largest absolute Gasteiger partial charge is 0.357 e. The van der Waals surface area contributed by atoms with Crippen molar-refractivity contribution in [3.8, 4) is 0 Å². The second-order valence-corrected chi connectivity index (χ2v) is 7.13. The zero-order chi connectivity index (χ0) is 16.7. The van der Waals surface area contributed by atoms with Crippen LogP contribution in [0.25, 0.3) is 0 Å². The van der Waals surface area contributed by atoms with E-state index in [2.05, 4.69) is 9.97 Å². The van der Waals surface area contributed by atoms with Crippen LogP contribution in [0, 0.1) is 0 Å². The Morgan fingerprint density at radius 3 is 3.00 bits per heavy atom. The van der Waals surface area contributed by atoms with Gasteiger partial charge >= 0.3 is 0 Å². The van der Waals surface area contributed by atoms with Gasteiger partial charge in [0.2, 0.25) is 5.95 Å². The van der Waals surface area contributed by atoms with Crippen LogP contribution < -0.4 is 4.90 Å². The highest BCUT2D eigenvalue weighted by Gasteiger charge is 2.45. The molecule has 1 aliphatic carbocycles. The fourth-order valence-corrected chi connectivity index (χ4v) is 4.08. The second kappa shape index (κ2) is 5.61. The smallest absolute Gasteiger partial charge is 0.270 e. The zero-order valence-corrected chi connectivity index (χ0v) is 14.2. The first-order valence-corrected chi connectivity index (χ1v) is 8.55. The number of carbonyl (C=O) groups excluding carboxylic acids is 1. The molecule has 126 valence electrons. The van der Waals surface area contributed by atoms with Crippen LogP contribution in [0.4, 0.5) is 5.95 Å². The lowest BCUT2D eigenvalue weighted by molar-refractivity contribution is 0.0628. The molecule has 6 heteroatoms. The van der Waals surface area contributed by atoms with Gasteiger partial charge in [0, 0.05) is 45.0 Å². The quantitative estimate of drug-likeness (QED) is 0.917. The van der Waals surface area contributed by atoms with Crippen LogP contribution in [0.1, 0.15) is 41.0 Å². The molecule has 0 bridgehead atoms. The summed E-state index contributed by atoms with van der Waals surface area (Å²) in [6.45, 7) is 1.57. The van der Waals surface area contributed by atoms with Crippen molar-refractivity contribution in [1.29, 1.82) is 0 Å². The van der Waals surface area contributed by atoms with Crippen LogP contribution >= 0.6 is 0 Å². The van der Waals surface area contributed by atoms with Crippen LogP contribution in [0.5, 0.6) is 0 Å². The van der Waals surface area contributed by atoms with E-state index in [0.717, 1.165) is 50.4 Å². The Balaban J connectivity index is 1.65. The summed E-state index contributed by atoms with van der Waals surface area (Å²) in [5.74, 6) is 0.845. The Morgan fingerprint density at radius 2 is 2.25 bits per heavy atom. The molecule has 1 atom stereocenters. The van der Waals surface area contributed by atoms with E-state index in [4.69, 9.17) is 4.98 Å². The summed E-state index contributed by atoms with van der Waals surface area (Å²) >= 11 is 0. The predicted molar refractivity (Wildman–Crippen MR) is 92.3 cm³/mol. The summed E-state index contributed by atoms with van der Waals surface area (Å²) < 4.78 is 0. The van der Waals surface area contributed by atoms with E-state index in [0.29, 0.717) is 5.69 Å². The number of nitrogens with zero attached hydrogens (tertiary/aromatic N) is 4. The lowest BCUT2D eigenvalue weighted by Crippen LogP contribution is -2.48. The fourth-order valence-electron chi connectivity index (χ4n) is 4.08. The minimum absolute atomic E-state index is 0.0104. The van der Waals surface area contributed by atoms with Crippen molar-refractivity contribution in [2.45, 2.75) is 31.1 Å². The molecule has 2 aliphatic rings. The Morgan fingerprint density at radius 1 is 1.38 bits per heavy atom. The normalized spacial score (nSPS) is 22.7. The fraction of sp³-hybridized carbons (Fsp3) is 0.500. The maximum absolute atomic E-state index is 12.7. The molecule has 2 aromatic heterocycles. The van der Waals surface area contributed by atoms with E-state index in [1.165, 1.54) is 5.56 Å². The maximum atomic E-state index is 12.7. The first kappa shape index (κ1) is 15.2. The minimum atomic E-state index is -0.0104. The average molecular weight is 325 g/mol. The third-order valence-electron chi connectivity index (χ3n) is 5.32. The standard InChI is InChI=1S/C18H23N5O/c1-22(2)17-20-11-13-6-8-18(15(13)21-17)7-4-10-23(12-18)16(24)14-5-3-9-19-14/h3,5,9,11,19H,4,6-8,10,12H2,1-2H3. The monoisotopic (exact) mass is 325 g/mol. The Hall–Kier alpha value is -2.37. The number of nitrogens with one attached hydrogen (secondary N) is 1. The van der Waals surface area contributed by atoms with Crippen molar-refractivity contribution < 1.29 is 4.79 Å². The summed E-state index contributed by atoms with van der Waals surface area (Å²) in [6.07, 6.45) is 7.95. The number of aromatic amines is 1. The highest BCUT2D eigenvalue weighted by Crippen LogP contribution is 2.44. The Labute approximate surface area is 141 Å². The van der Waals surface area contributed by atoms with E-state index in [9.17, 15) is 4.79 Å². The molecule has 0 aromatic carbocycles. The summed E-state index contributed by atoms with van der Waals surface area (Å²) in [7, 11) is 3.93. The molecule has 3 heterocycles. The number of likely N-dealkylation sites (tertiary alicyclic amines) is 1. The van der Waals surface area contributed by atoms with E-state index in [-0.39, 0.29) is 11.3 Å². The number of fused-ring (bicyclic) bond motifs is 2. The highest BCUT2D eigenvalue weighted by atomic mass is 16.2. The van der Waals surface area contributed by atoms with Crippen LogP contribution in [-0.4, -0.2) is 52.9 Å². The first-order chi connectivity index (χ1) is 11.6. The van der Waals surface area contributed by atoms with Crippen molar-refractivity contribution >= 4 is 11.9 Å². The number of piperidine rings is 1. The summed E-state index contributed by atoms with van der Waals surface area (Å²) in [5.41, 5.74) is 3.06. The number of hydrogen-bond acceptors (Lipinski definition) is 4. The zero-order valence-electron chi connectivity index (χ0n) is 14.2. The number of aryl methyl sites for hydroxylation is 1. The number of anilines is 1. The Bertz CT molecular complexity index is 751. The molecule has 1 N–H and O–H groups in total. The molecular formula is C18H23N5O. The Kier molecular flexibility index (Phi) is 3.55. The minimum Gasteiger partial charge on any atom is -0.357 e. The van der Waals surface area contributed by atoms with Gasteiger partial charge in [-0.05, 0) is 43.4 Å². The molecule has 24 heavy (non-hydrogen) atoms. The number of carbonyl (C=O) groups is 1. The van der Waals surface area contributed by atoms with Gasteiger partial charge in [0.05, 0.1) is 5.69 Å². The molecule has 1 amide bonds. The molecule has 0 radical (unpaired) electrons. The van der Waals surface area contributed by atoms with Crippen LogP contribution in [0.15, 0.2) is 24.5 Å². The topological polar surface area (TPSA) is 65.1 Å². The molecular weight excluding hydrogens is 302 g/mol. The summed E-state index contributed by atoms with van der Waals surface area (Å²) in [6, 6.07) is 3.72.